The van der Waals surface area contributed by atoms with Crippen LogP contribution in [0.2, 0.25) is 13.6 Å². The molecule has 0 saturated heterocycles. The van der Waals surface area contributed by atoms with Gasteiger partial charge in [0, 0.05) is 0 Å². The Kier molecular flexibility index (Phi) is 21.2. The Bertz CT molecular complexity index is 6.00. The first-order chi connectivity index (χ1) is 1.41. The van der Waals surface area contributed by atoms with Crippen LogP contribution < -0.4 is 17.0 Å². The van der Waals surface area contributed by atoms with E-state index in [4.69, 9.17) is 0 Å². The number of halogens is 1. The molecule has 0 bridgehead atoms. The van der Waals surface area contributed by atoms with Gasteiger partial charge in [-0.2, -0.15) is 0 Å². The van der Waals surface area contributed by atoms with Crippen molar-refractivity contribution in [3.8, 4) is 0 Å². The van der Waals surface area contributed by atoms with Gasteiger partial charge in [0.1, 0.15) is 0 Å². The molecule has 0 amide bonds. The second-order valence-corrected chi connectivity index (χ2v) is 0.577. The van der Waals surface area contributed by atoms with Crippen molar-refractivity contribution in [3.05, 3.63) is 0 Å². The fourth-order valence-electron chi connectivity index (χ4n) is 0. The van der Waals surface area contributed by atoms with Crippen LogP contribution in [0.4, 0.5) is 0 Å². The van der Waals surface area contributed by atoms with E-state index < -0.39 is 0 Å². The van der Waals surface area contributed by atoms with Crippen molar-refractivity contribution in [2.45, 2.75) is 13.6 Å². The minimum atomic E-state index is 0. The molecule has 0 spiro atoms. The van der Waals surface area contributed by atoms with E-state index in [-0.39, 0.29) is 17.0 Å². The average molecular weight is 121 g/mol. The fraction of sp³-hybridized carbons (Fsp3) is 1.00. The van der Waals surface area contributed by atoms with Crippen LogP contribution in [0.1, 0.15) is 0 Å². The van der Waals surface area contributed by atoms with E-state index in [1.807, 2.05) is 20.9 Å². The summed E-state index contributed by atoms with van der Waals surface area (Å²) in [4.78, 5) is 0. The minimum Gasteiger partial charge on any atom is -1.00 e. The molecule has 0 unspecified atom stereocenters. The number of rotatable bonds is 0. The standard InChI is InChI=1S/C2H6B.BrH/c1-3-2;/h1-2H3;1H/q+1;/p-1. The fourth-order valence-corrected chi connectivity index (χ4v) is 0. The Morgan fingerprint density at radius 2 is 1.25 bits per heavy atom. The second kappa shape index (κ2) is 9.62. The molecule has 0 nitrogen and oxygen atoms in total. The Balaban J connectivity index is 0. The normalized spacial score (nSPS) is 2.50. The monoisotopic (exact) mass is 120 g/mol. The molecule has 0 aliphatic carbocycles. The Morgan fingerprint density at radius 1 is 1.25 bits per heavy atom. The zero-order valence-electron chi connectivity index (χ0n) is 2.96. The molecule has 0 fully saturated rings. The number of hydrogen-bond donors (Lipinski definition) is 0. The Morgan fingerprint density at radius 3 is 1.25 bits per heavy atom. The van der Waals surface area contributed by atoms with Gasteiger partial charge in [0.25, 0.3) is 0 Å². The molecule has 0 aliphatic rings. The first-order valence-corrected chi connectivity index (χ1v) is 1.15. The zero-order valence-corrected chi connectivity index (χ0v) is 4.54. The predicted octanol–water partition coefficient (Wildman–Crippen LogP) is -2.21. The van der Waals surface area contributed by atoms with Crippen molar-refractivity contribution in [2.75, 3.05) is 0 Å². The first-order valence-electron chi connectivity index (χ1n) is 1.15. The molecule has 0 aromatic heterocycles. The van der Waals surface area contributed by atoms with Gasteiger partial charge in [0.05, 0.1) is 0 Å². The summed E-state index contributed by atoms with van der Waals surface area (Å²) in [6, 6.07) is 0. The van der Waals surface area contributed by atoms with Crippen molar-refractivity contribution in [3.63, 3.8) is 0 Å². The van der Waals surface area contributed by atoms with Crippen LogP contribution in [0.3, 0.4) is 0 Å². The minimum absolute atomic E-state index is 0. The number of hydrogen-bond acceptors (Lipinski definition) is 0. The first kappa shape index (κ1) is 8.82. The van der Waals surface area contributed by atoms with Gasteiger partial charge in [0.15, 0.2) is 0 Å². The van der Waals surface area contributed by atoms with Crippen LogP contribution >= 0.6 is 0 Å². The summed E-state index contributed by atoms with van der Waals surface area (Å²) in [7, 11) is 2.00. The van der Waals surface area contributed by atoms with E-state index in [1.165, 1.54) is 0 Å². The molecule has 2 heteroatoms. The maximum absolute atomic E-state index is 2.00. The average Bonchev–Trinajstić information content (AvgIpc) is 0.918. The zero-order chi connectivity index (χ0) is 2.71. The molecule has 0 N–H and O–H groups in total. The summed E-state index contributed by atoms with van der Waals surface area (Å²) in [5, 5.41) is 0. The molecule has 0 saturated carbocycles. The van der Waals surface area contributed by atoms with Crippen LogP contribution in [0, 0.1) is 0 Å². The molecule has 0 aromatic rings. The third kappa shape index (κ3) is 20.5. The SMILES string of the molecule is C[B+]C.[Br-]. The molecule has 0 aromatic carbocycles. The summed E-state index contributed by atoms with van der Waals surface area (Å²) < 4.78 is 0. The molecule has 0 atom stereocenters. The van der Waals surface area contributed by atoms with E-state index >= 15 is 0 Å². The topological polar surface area (TPSA) is 0 Å². The van der Waals surface area contributed by atoms with Gasteiger partial charge in [0.2, 0.25) is 0 Å². The van der Waals surface area contributed by atoms with Crippen LogP contribution in [-0.2, 0) is 0 Å². The Hall–Kier alpha value is 0.545. The molecule has 0 rings (SSSR count). The van der Waals surface area contributed by atoms with E-state index in [9.17, 15) is 0 Å². The van der Waals surface area contributed by atoms with Gasteiger partial charge in [-0.15, -0.1) is 0 Å². The van der Waals surface area contributed by atoms with Crippen LogP contribution in [-0.4, -0.2) is 7.28 Å². The van der Waals surface area contributed by atoms with Crippen molar-refractivity contribution < 1.29 is 17.0 Å². The molecule has 0 radical (unpaired) electrons. The molecular weight excluding hydrogens is 115 g/mol. The predicted molar refractivity (Wildman–Crippen MR) is 17.5 cm³/mol. The Labute approximate surface area is 38.6 Å². The summed E-state index contributed by atoms with van der Waals surface area (Å²) >= 11 is 0. The van der Waals surface area contributed by atoms with Crippen molar-refractivity contribution in [1.82, 2.24) is 0 Å². The van der Waals surface area contributed by atoms with E-state index in [0.717, 1.165) is 0 Å². The van der Waals surface area contributed by atoms with Crippen LogP contribution in [0.15, 0.2) is 0 Å². The molecule has 24 valence electrons. The third-order valence-electron chi connectivity index (χ3n) is 0. The van der Waals surface area contributed by atoms with Gasteiger partial charge in [-0.3, -0.25) is 0 Å². The largest absolute Gasteiger partial charge is 1.00 e. The van der Waals surface area contributed by atoms with Gasteiger partial charge >= 0.3 is 20.9 Å². The third-order valence-corrected chi connectivity index (χ3v) is 0. The molecule has 0 heterocycles. The van der Waals surface area contributed by atoms with Crippen molar-refractivity contribution in [2.24, 2.45) is 0 Å². The summed E-state index contributed by atoms with van der Waals surface area (Å²) in [6.45, 7) is 4.00. The summed E-state index contributed by atoms with van der Waals surface area (Å²) in [5.74, 6) is 0. The van der Waals surface area contributed by atoms with Gasteiger partial charge < -0.3 is 17.0 Å². The smallest absolute Gasteiger partial charge is 1.00 e. The molecule has 0 aliphatic heterocycles. The van der Waals surface area contributed by atoms with E-state index in [2.05, 4.69) is 0 Å². The van der Waals surface area contributed by atoms with Gasteiger partial charge in [-0.1, -0.05) is 0 Å². The molecule has 4 heavy (non-hydrogen) atoms. The van der Waals surface area contributed by atoms with E-state index in [1.54, 1.807) is 0 Å². The van der Waals surface area contributed by atoms with Crippen molar-refractivity contribution >= 4 is 7.28 Å². The summed E-state index contributed by atoms with van der Waals surface area (Å²) in [5.41, 5.74) is 0. The maximum atomic E-state index is 2.00. The summed E-state index contributed by atoms with van der Waals surface area (Å²) in [6.07, 6.45) is 0. The van der Waals surface area contributed by atoms with Gasteiger partial charge in [-0.25, -0.2) is 0 Å². The van der Waals surface area contributed by atoms with E-state index in [0.29, 0.717) is 0 Å². The maximum Gasteiger partial charge on any atom is -1.00 e. The van der Waals surface area contributed by atoms with Crippen molar-refractivity contribution in [1.29, 1.82) is 0 Å². The van der Waals surface area contributed by atoms with Gasteiger partial charge in [-0.05, 0) is 0 Å². The second-order valence-electron chi connectivity index (χ2n) is 0.577. The van der Waals surface area contributed by atoms with Crippen LogP contribution in [0.5, 0.6) is 0 Å². The molecular formula is C2H6BBr. The quantitative estimate of drug-likeness (QED) is 0.318. The van der Waals surface area contributed by atoms with Crippen LogP contribution in [0.25, 0.3) is 0 Å².